The van der Waals surface area contributed by atoms with E-state index in [1.807, 2.05) is 0 Å². The molecule has 0 bridgehead atoms. The standard InChI is InChI=1S/C10H15F6N2O2/c1-5-20-8(19)6(17-18(2,3)4)7(9(11,12)13)10(14,15)16/h7H,5H2,1-4H3/q+1/b17-6-. The van der Waals surface area contributed by atoms with Gasteiger partial charge in [-0.05, 0) is 6.92 Å². The van der Waals surface area contributed by atoms with E-state index < -0.39 is 34.5 Å². The molecule has 0 aliphatic carbocycles. The van der Waals surface area contributed by atoms with Gasteiger partial charge in [0, 0.05) is 0 Å². The summed E-state index contributed by atoms with van der Waals surface area (Å²) in [5, 5.41) is 3.20. The van der Waals surface area contributed by atoms with Crippen LogP contribution in [0.4, 0.5) is 26.3 Å². The minimum absolute atomic E-state index is 0.364. The predicted molar refractivity (Wildman–Crippen MR) is 57.7 cm³/mol. The molecular formula is C10H15F6N2O2+. The van der Waals surface area contributed by atoms with E-state index in [4.69, 9.17) is 0 Å². The molecule has 0 radical (unpaired) electrons. The monoisotopic (exact) mass is 309 g/mol. The van der Waals surface area contributed by atoms with E-state index in [0.29, 0.717) is 0 Å². The van der Waals surface area contributed by atoms with Crippen molar-refractivity contribution < 1.29 is 40.5 Å². The Balaban J connectivity index is 5.94. The molecule has 0 N–H and O–H groups in total. The summed E-state index contributed by atoms with van der Waals surface area (Å²) in [6.07, 6.45) is -11.4. The second kappa shape index (κ2) is 5.98. The van der Waals surface area contributed by atoms with Crippen LogP contribution in [0.5, 0.6) is 0 Å². The van der Waals surface area contributed by atoms with Crippen molar-refractivity contribution in [1.82, 2.24) is 0 Å². The third-order valence-electron chi connectivity index (χ3n) is 1.82. The van der Waals surface area contributed by atoms with E-state index in [9.17, 15) is 31.1 Å². The van der Waals surface area contributed by atoms with Crippen molar-refractivity contribution >= 4 is 11.7 Å². The van der Waals surface area contributed by atoms with Gasteiger partial charge < -0.3 is 4.74 Å². The fourth-order valence-electron chi connectivity index (χ4n) is 1.24. The van der Waals surface area contributed by atoms with E-state index in [2.05, 4.69) is 9.84 Å². The van der Waals surface area contributed by atoms with Gasteiger partial charge in [-0.15, -0.1) is 0 Å². The molecule has 0 aromatic rings. The summed E-state index contributed by atoms with van der Waals surface area (Å²) in [5.74, 6) is -5.72. The molecule has 0 aliphatic heterocycles. The van der Waals surface area contributed by atoms with Crippen LogP contribution in [0.3, 0.4) is 0 Å². The first kappa shape index (κ1) is 18.7. The third kappa shape index (κ3) is 5.76. The van der Waals surface area contributed by atoms with Crippen LogP contribution in [0, 0.1) is 5.92 Å². The lowest BCUT2D eigenvalue weighted by Crippen LogP contribution is -2.48. The Labute approximate surface area is 111 Å². The van der Waals surface area contributed by atoms with E-state index in [-0.39, 0.29) is 6.61 Å². The van der Waals surface area contributed by atoms with Gasteiger partial charge in [-0.25, -0.2) is 9.39 Å². The van der Waals surface area contributed by atoms with Crippen molar-refractivity contribution in [1.29, 1.82) is 0 Å². The largest absolute Gasteiger partial charge is 0.461 e. The highest BCUT2D eigenvalue weighted by Gasteiger charge is 2.62. The van der Waals surface area contributed by atoms with E-state index in [1.165, 1.54) is 28.1 Å². The number of nitrogens with zero attached hydrogens (tertiary/aromatic N) is 2. The van der Waals surface area contributed by atoms with E-state index >= 15 is 0 Å². The van der Waals surface area contributed by atoms with Gasteiger partial charge in [-0.3, -0.25) is 0 Å². The Morgan fingerprint density at radius 1 is 1.10 bits per heavy atom. The Morgan fingerprint density at radius 3 is 1.75 bits per heavy atom. The number of carbonyl (C=O) groups excluding carboxylic acids is 1. The lowest BCUT2D eigenvalue weighted by atomic mass is 10.0. The van der Waals surface area contributed by atoms with Crippen molar-refractivity contribution in [2.45, 2.75) is 19.3 Å². The number of quaternary nitrogens is 1. The second-order valence-electron chi connectivity index (χ2n) is 4.66. The van der Waals surface area contributed by atoms with Crippen molar-refractivity contribution in [2.75, 3.05) is 27.7 Å². The Morgan fingerprint density at radius 2 is 1.50 bits per heavy atom. The van der Waals surface area contributed by atoms with Gasteiger partial charge in [-0.1, -0.05) is 5.10 Å². The van der Waals surface area contributed by atoms with Gasteiger partial charge in [0.25, 0.3) is 0 Å². The molecule has 0 saturated carbocycles. The maximum atomic E-state index is 12.6. The van der Waals surface area contributed by atoms with Crippen LogP contribution < -0.4 is 0 Å². The van der Waals surface area contributed by atoms with Gasteiger partial charge in [0.1, 0.15) is 0 Å². The SMILES string of the molecule is CCOC(=O)/C(=N\[N+](C)(C)C)C(C(F)(F)F)C(F)(F)F. The minimum Gasteiger partial charge on any atom is -0.461 e. The topological polar surface area (TPSA) is 38.7 Å². The maximum Gasteiger partial charge on any atom is 0.406 e. The first-order valence-corrected chi connectivity index (χ1v) is 5.42. The number of alkyl halides is 6. The molecule has 4 nitrogen and oxygen atoms in total. The number of ether oxygens (including phenoxy) is 1. The number of esters is 1. The molecule has 118 valence electrons. The van der Waals surface area contributed by atoms with Crippen molar-refractivity contribution in [3.05, 3.63) is 0 Å². The first-order valence-electron chi connectivity index (χ1n) is 5.42. The van der Waals surface area contributed by atoms with E-state index in [0.717, 1.165) is 0 Å². The summed E-state index contributed by atoms with van der Waals surface area (Å²) in [4.78, 5) is 11.4. The molecule has 0 rings (SSSR count). The molecule has 0 aromatic carbocycles. The molecule has 0 aliphatic rings. The molecule has 0 heterocycles. The zero-order valence-corrected chi connectivity index (χ0v) is 11.3. The Kier molecular flexibility index (Phi) is 5.59. The molecule has 0 saturated heterocycles. The number of hydrogen-bond donors (Lipinski definition) is 0. The van der Waals surface area contributed by atoms with Gasteiger partial charge in [0.05, 0.1) is 27.7 Å². The quantitative estimate of drug-likeness (QED) is 0.263. The summed E-state index contributed by atoms with van der Waals surface area (Å²) < 4.78 is 79.4. The lowest BCUT2D eigenvalue weighted by molar-refractivity contribution is -0.877. The van der Waals surface area contributed by atoms with Crippen molar-refractivity contribution in [3.63, 3.8) is 0 Å². The van der Waals surface area contributed by atoms with Crippen LogP contribution in [0.1, 0.15) is 6.92 Å². The molecule has 0 unspecified atom stereocenters. The molecule has 0 aromatic heterocycles. The highest BCUT2D eigenvalue weighted by atomic mass is 19.4. The maximum absolute atomic E-state index is 12.6. The van der Waals surface area contributed by atoms with Gasteiger partial charge in [-0.2, -0.15) is 26.3 Å². The van der Waals surface area contributed by atoms with Crippen LogP contribution in [0.2, 0.25) is 0 Å². The van der Waals surface area contributed by atoms with Crippen LogP contribution in [-0.2, 0) is 9.53 Å². The van der Waals surface area contributed by atoms with Gasteiger partial charge in [0.15, 0.2) is 0 Å². The minimum atomic E-state index is -5.70. The Hall–Kier alpha value is -1.32. The van der Waals surface area contributed by atoms with Crippen molar-refractivity contribution in [3.8, 4) is 0 Å². The Bertz CT molecular complexity index is 367. The summed E-state index contributed by atoms with van der Waals surface area (Å²) >= 11 is 0. The highest BCUT2D eigenvalue weighted by molar-refractivity contribution is 6.37. The number of carbonyl (C=O) groups is 1. The highest BCUT2D eigenvalue weighted by Crippen LogP contribution is 2.40. The van der Waals surface area contributed by atoms with Crippen LogP contribution in [0.25, 0.3) is 0 Å². The molecule has 0 spiro atoms. The average molecular weight is 309 g/mol. The second-order valence-corrected chi connectivity index (χ2v) is 4.66. The lowest BCUT2D eigenvalue weighted by Gasteiger charge is -2.25. The van der Waals surface area contributed by atoms with Crippen LogP contribution in [0.15, 0.2) is 5.10 Å². The zero-order chi connectivity index (χ0) is 16.4. The fraction of sp³-hybridized carbons (Fsp3) is 0.800. The smallest absolute Gasteiger partial charge is 0.406 e. The molecular weight excluding hydrogens is 294 g/mol. The molecule has 0 fully saturated rings. The normalized spacial score (nSPS) is 14.7. The molecule has 0 amide bonds. The molecule has 0 atom stereocenters. The summed E-state index contributed by atoms with van der Waals surface area (Å²) in [5.41, 5.74) is -1.71. The first-order chi connectivity index (χ1) is 8.70. The fourth-order valence-corrected chi connectivity index (χ4v) is 1.24. The number of rotatable bonds is 4. The van der Waals surface area contributed by atoms with Crippen molar-refractivity contribution in [2.24, 2.45) is 11.0 Å². The summed E-state index contributed by atoms with van der Waals surface area (Å²) in [6, 6.07) is 0. The molecule has 20 heavy (non-hydrogen) atoms. The summed E-state index contributed by atoms with van der Waals surface area (Å²) in [6.45, 7) is 0.898. The summed E-state index contributed by atoms with van der Waals surface area (Å²) in [7, 11) is 3.63. The van der Waals surface area contributed by atoms with Crippen LogP contribution >= 0.6 is 0 Å². The van der Waals surface area contributed by atoms with Crippen LogP contribution in [-0.4, -0.2) is 56.4 Å². The number of hydrogen-bond acceptors (Lipinski definition) is 3. The van der Waals surface area contributed by atoms with Gasteiger partial charge >= 0.3 is 18.3 Å². The average Bonchev–Trinajstić information content (AvgIpc) is 2.09. The van der Waals surface area contributed by atoms with E-state index in [1.54, 1.807) is 0 Å². The molecule has 10 heteroatoms. The predicted octanol–water partition coefficient (Wildman–Crippen LogP) is 2.35. The third-order valence-corrected chi connectivity index (χ3v) is 1.82. The number of halogens is 6. The zero-order valence-electron chi connectivity index (χ0n) is 11.3. The van der Waals surface area contributed by atoms with Gasteiger partial charge in [0.2, 0.25) is 11.6 Å².